The largest absolute Gasteiger partial charge is 0.376 e. The van der Waals surface area contributed by atoms with Gasteiger partial charge in [-0.3, -0.25) is 9.59 Å². The predicted molar refractivity (Wildman–Crippen MR) is 86.0 cm³/mol. The summed E-state index contributed by atoms with van der Waals surface area (Å²) in [5, 5.41) is 5.15. The summed E-state index contributed by atoms with van der Waals surface area (Å²) in [6.07, 6.45) is 0. The van der Waals surface area contributed by atoms with E-state index in [1.54, 1.807) is 6.07 Å². The van der Waals surface area contributed by atoms with Crippen LogP contribution in [0.3, 0.4) is 0 Å². The maximum absolute atomic E-state index is 11.6. The molecular formula is C12H20Cl2N4O2. The van der Waals surface area contributed by atoms with Gasteiger partial charge in [0.1, 0.15) is 0 Å². The SMILES string of the molecule is CN(C)c1ccccc1NC(=O)CNC(=O)CN.Cl.Cl. The molecule has 6 nitrogen and oxygen atoms in total. The number of hydrogen-bond donors (Lipinski definition) is 3. The molecule has 1 aromatic rings. The van der Waals surface area contributed by atoms with Gasteiger partial charge in [-0.15, -0.1) is 24.8 Å². The molecule has 0 aliphatic rings. The Bertz CT molecular complexity index is 441. The fraction of sp³-hybridized carbons (Fsp3) is 0.333. The van der Waals surface area contributed by atoms with Crippen molar-refractivity contribution in [2.24, 2.45) is 5.73 Å². The van der Waals surface area contributed by atoms with E-state index in [4.69, 9.17) is 5.73 Å². The van der Waals surface area contributed by atoms with Crippen molar-refractivity contribution in [2.75, 3.05) is 37.4 Å². The Hall–Kier alpha value is -1.50. The van der Waals surface area contributed by atoms with Crippen molar-refractivity contribution in [3.05, 3.63) is 24.3 Å². The van der Waals surface area contributed by atoms with Crippen LogP contribution in [0.25, 0.3) is 0 Å². The van der Waals surface area contributed by atoms with Crippen molar-refractivity contribution < 1.29 is 9.59 Å². The minimum Gasteiger partial charge on any atom is -0.376 e. The number of hydrogen-bond acceptors (Lipinski definition) is 4. The number of carbonyl (C=O) groups is 2. The zero-order chi connectivity index (χ0) is 13.5. The van der Waals surface area contributed by atoms with Crippen molar-refractivity contribution in [3.8, 4) is 0 Å². The Labute approximate surface area is 130 Å². The molecule has 0 fully saturated rings. The highest BCUT2D eigenvalue weighted by atomic mass is 35.5. The second-order valence-electron chi connectivity index (χ2n) is 3.94. The summed E-state index contributed by atoms with van der Waals surface area (Å²) in [7, 11) is 3.78. The number of rotatable bonds is 5. The lowest BCUT2D eigenvalue weighted by atomic mass is 10.2. The second kappa shape index (κ2) is 10.3. The Kier molecular flexibility index (Phi) is 10.7. The van der Waals surface area contributed by atoms with E-state index in [1.165, 1.54) is 0 Å². The summed E-state index contributed by atoms with van der Waals surface area (Å²) in [6, 6.07) is 7.42. The number of benzene rings is 1. The minimum atomic E-state index is -0.356. The number of nitrogens with zero attached hydrogens (tertiary/aromatic N) is 1. The Morgan fingerprint density at radius 2 is 1.75 bits per heavy atom. The van der Waals surface area contributed by atoms with Crippen molar-refractivity contribution in [2.45, 2.75) is 0 Å². The van der Waals surface area contributed by atoms with Crippen LogP contribution in [0, 0.1) is 0 Å². The van der Waals surface area contributed by atoms with Crippen LogP contribution in [0.1, 0.15) is 0 Å². The molecule has 20 heavy (non-hydrogen) atoms. The molecule has 0 aromatic heterocycles. The maximum Gasteiger partial charge on any atom is 0.243 e. The normalized spacial score (nSPS) is 8.75. The third kappa shape index (κ3) is 6.60. The molecular weight excluding hydrogens is 303 g/mol. The average molecular weight is 323 g/mol. The molecule has 1 aromatic carbocycles. The number of halogens is 2. The number of amides is 2. The first-order valence-corrected chi connectivity index (χ1v) is 5.57. The molecule has 0 aliphatic carbocycles. The van der Waals surface area contributed by atoms with Crippen LogP contribution in [0.2, 0.25) is 0 Å². The van der Waals surface area contributed by atoms with Gasteiger partial charge in [-0.05, 0) is 12.1 Å². The first-order valence-electron chi connectivity index (χ1n) is 5.57. The maximum atomic E-state index is 11.6. The van der Waals surface area contributed by atoms with Gasteiger partial charge in [0.15, 0.2) is 0 Å². The number of nitrogens with one attached hydrogen (secondary N) is 2. The third-order valence-corrected chi connectivity index (χ3v) is 2.29. The molecule has 0 saturated carbocycles. The third-order valence-electron chi connectivity index (χ3n) is 2.29. The zero-order valence-electron chi connectivity index (χ0n) is 11.4. The van der Waals surface area contributed by atoms with E-state index in [2.05, 4.69) is 10.6 Å². The molecule has 0 atom stereocenters. The smallest absolute Gasteiger partial charge is 0.243 e. The van der Waals surface area contributed by atoms with E-state index in [-0.39, 0.29) is 49.7 Å². The van der Waals surface area contributed by atoms with Crippen LogP contribution in [-0.4, -0.2) is 39.0 Å². The van der Waals surface area contributed by atoms with Gasteiger partial charge in [0, 0.05) is 14.1 Å². The van der Waals surface area contributed by atoms with Crippen molar-refractivity contribution in [1.82, 2.24) is 5.32 Å². The Morgan fingerprint density at radius 1 is 1.15 bits per heavy atom. The van der Waals surface area contributed by atoms with Gasteiger partial charge in [-0.2, -0.15) is 0 Å². The van der Waals surface area contributed by atoms with Gasteiger partial charge in [0.05, 0.1) is 24.5 Å². The molecule has 1 rings (SSSR count). The lowest BCUT2D eigenvalue weighted by Crippen LogP contribution is -2.36. The van der Waals surface area contributed by atoms with E-state index in [0.29, 0.717) is 5.69 Å². The van der Waals surface area contributed by atoms with E-state index < -0.39 is 0 Å². The standard InChI is InChI=1S/C12H18N4O2.2ClH/c1-16(2)10-6-4-3-5-9(10)15-12(18)8-14-11(17)7-13;;/h3-6H,7-8,13H2,1-2H3,(H,14,17)(H,15,18);2*1H. The monoisotopic (exact) mass is 322 g/mol. The second-order valence-corrected chi connectivity index (χ2v) is 3.94. The summed E-state index contributed by atoms with van der Waals surface area (Å²) < 4.78 is 0. The van der Waals surface area contributed by atoms with E-state index >= 15 is 0 Å². The molecule has 0 aliphatic heterocycles. The molecule has 4 N–H and O–H groups in total. The number of nitrogens with two attached hydrogens (primary N) is 1. The fourth-order valence-corrected chi connectivity index (χ4v) is 1.41. The summed E-state index contributed by atoms with van der Waals surface area (Å²) in [5.41, 5.74) is 6.73. The molecule has 0 radical (unpaired) electrons. The topological polar surface area (TPSA) is 87.5 Å². The van der Waals surface area contributed by atoms with Crippen LogP contribution in [0.5, 0.6) is 0 Å². The van der Waals surface area contributed by atoms with Gasteiger partial charge in [0.2, 0.25) is 11.8 Å². The molecule has 0 heterocycles. The van der Waals surface area contributed by atoms with Crippen LogP contribution in [0.15, 0.2) is 24.3 Å². The molecule has 0 bridgehead atoms. The van der Waals surface area contributed by atoms with Gasteiger partial charge >= 0.3 is 0 Å². The molecule has 114 valence electrons. The van der Waals surface area contributed by atoms with Gasteiger partial charge in [0.25, 0.3) is 0 Å². The lowest BCUT2D eigenvalue weighted by Gasteiger charge is -2.17. The Morgan fingerprint density at radius 3 is 2.30 bits per heavy atom. The van der Waals surface area contributed by atoms with Gasteiger partial charge < -0.3 is 21.3 Å². The van der Waals surface area contributed by atoms with Crippen molar-refractivity contribution >= 4 is 48.0 Å². The number of carbonyl (C=O) groups excluding carboxylic acids is 2. The molecule has 0 spiro atoms. The van der Waals surface area contributed by atoms with Crippen LogP contribution in [0.4, 0.5) is 11.4 Å². The number of anilines is 2. The molecule has 0 unspecified atom stereocenters. The molecule has 2 amide bonds. The highest BCUT2D eigenvalue weighted by molar-refractivity contribution is 5.97. The van der Waals surface area contributed by atoms with E-state index in [9.17, 15) is 9.59 Å². The summed E-state index contributed by atoms with van der Waals surface area (Å²) in [5.74, 6) is -0.642. The average Bonchev–Trinajstić information content (AvgIpc) is 2.36. The Balaban J connectivity index is 0. The van der Waals surface area contributed by atoms with E-state index in [1.807, 2.05) is 37.2 Å². The van der Waals surface area contributed by atoms with Crippen LogP contribution in [-0.2, 0) is 9.59 Å². The zero-order valence-corrected chi connectivity index (χ0v) is 13.0. The number of para-hydroxylation sites is 2. The van der Waals surface area contributed by atoms with Crippen molar-refractivity contribution in [3.63, 3.8) is 0 Å². The van der Waals surface area contributed by atoms with Gasteiger partial charge in [-0.25, -0.2) is 0 Å². The summed E-state index contributed by atoms with van der Waals surface area (Å²) >= 11 is 0. The van der Waals surface area contributed by atoms with Crippen LogP contribution < -0.4 is 21.3 Å². The fourth-order valence-electron chi connectivity index (χ4n) is 1.41. The van der Waals surface area contributed by atoms with Crippen molar-refractivity contribution in [1.29, 1.82) is 0 Å². The molecule has 8 heteroatoms. The first kappa shape index (κ1) is 20.8. The molecule has 0 saturated heterocycles. The van der Waals surface area contributed by atoms with E-state index in [0.717, 1.165) is 5.69 Å². The highest BCUT2D eigenvalue weighted by Gasteiger charge is 2.08. The highest BCUT2D eigenvalue weighted by Crippen LogP contribution is 2.22. The summed E-state index contributed by atoms with van der Waals surface area (Å²) in [4.78, 5) is 24.4. The van der Waals surface area contributed by atoms with Crippen LogP contribution >= 0.6 is 24.8 Å². The minimum absolute atomic E-state index is 0. The van der Waals surface area contributed by atoms with Gasteiger partial charge in [-0.1, -0.05) is 12.1 Å². The lowest BCUT2D eigenvalue weighted by molar-refractivity contribution is -0.123. The quantitative estimate of drug-likeness (QED) is 0.741. The predicted octanol–water partition coefficient (Wildman–Crippen LogP) is 0.610. The summed E-state index contributed by atoms with van der Waals surface area (Å²) in [6.45, 7) is -0.209. The first-order chi connectivity index (χ1) is 8.54.